The highest BCUT2D eigenvalue weighted by molar-refractivity contribution is 5.70. The molecule has 0 atom stereocenters. The first-order valence-electron chi connectivity index (χ1n) is 11.6. The maximum atomic E-state index is 15.1. The van der Waals surface area contributed by atoms with Crippen molar-refractivity contribution in [2.45, 2.75) is 71.1 Å². The summed E-state index contributed by atoms with van der Waals surface area (Å²) < 4.78 is 55.6. The lowest BCUT2D eigenvalue weighted by Crippen LogP contribution is -2.15. The predicted octanol–water partition coefficient (Wildman–Crippen LogP) is 8.63. The number of allylic oxidation sites excluding steroid dienone is 1. The molecule has 0 unspecified atom stereocenters. The Hall–Kier alpha value is -2.10. The fourth-order valence-electron chi connectivity index (χ4n) is 5.34. The third-order valence-electron chi connectivity index (χ3n) is 7.17. The second-order valence-corrected chi connectivity index (χ2v) is 9.27. The number of hydrogen-bond donors (Lipinski definition) is 0. The van der Waals surface area contributed by atoms with Crippen molar-refractivity contribution < 1.29 is 17.6 Å². The summed E-state index contributed by atoms with van der Waals surface area (Å²) in [6.07, 6.45) is 13.8. The molecule has 4 heteroatoms. The zero-order valence-corrected chi connectivity index (χ0v) is 18.1. The van der Waals surface area contributed by atoms with E-state index in [4.69, 9.17) is 0 Å². The van der Waals surface area contributed by atoms with Gasteiger partial charge in [0, 0.05) is 5.56 Å². The summed E-state index contributed by atoms with van der Waals surface area (Å²) in [4.78, 5) is 0. The molecule has 1 saturated carbocycles. The molecule has 2 aliphatic rings. The standard InChI is InChI=1S/C27H30F4/c1-2-3-17-4-6-18(7-5-17)8-9-19-10-12-22-20(14-19)11-13-23(26(22)30)21-15-24(28)27(31)25(29)16-21/h11,13-18H,2-10,12H2,1H3. The Morgan fingerprint density at radius 3 is 2.10 bits per heavy atom. The normalized spacial score (nSPS) is 21.0. The van der Waals surface area contributed by atoms with E-state index in [1.807, 2.05) is 6.07 Å². The fourth-order valence-corrected chi connectivity index (χ4v) is 5.34. The smallest absolute Gasteiger partial charge is 0.194 e. The Balaban J connectivity index is 1.45. The molecule has 0 radical (unpaired) electrons. The van der Waals surface area contributed by atoms with E-state index in [2.05, 4.69) is 13.0 Å². The highest BCUT2D eigenvalue weighted by Crippen LogP contribution is 2.37. The van der Waals surface area contributed by atoms with Gasteiger partial charge in [0.25, 0.3) is 0 Å². The maximum Gasteiger partial charge on any atom is 0.194 e. The van der Waals surface area contributed by atoms with Gasteiger partial charge in [-0.3, -0.25) is 0 Å². The highest BCUT2D eigenvalue weighted by Gasteiger charge is 2.23. The van der Waals surface area contributed by atoms with E-state index in [-0.39, 0.29) is 11.1 Å². The second-order valence-electron chi connectivity index (χ2n) is 9.27. The summed E-state index contributed by atoms with van der Waals surface area (Å²) in [5, 5.41) is 0. The fraction of sp³-hybridized carbons (Fsp3) is 0.481. The summed E-state index contributed by atoms with van der Waals surface area (Å²) in [6.45, 7) is 2.27. The van der Waals surface area contributed by atoms with E-state index in [0.29, 0.717) is 12.0 Å². The number of fused-ring (bicyclic) bond motifs is 1. The molecule has 0 nitrogen and oxygen atoms in total. The minimum Gasteiger partial charge on any atom is -0.206 e. The van der Waals surface area contributed by atoms with Crippen LogP contribution in [0.25, 0.3) is 17.2 Å². The molecular weight excluding hydrogens is 400 g/mol. The van der Waals surface area contributed by atoms with Crippen LogP contribution in [0.3, 0.4) is 0 Å². The van der Waals surface area contributed by atoms with Gasteiger partial charge in [0.2, 0.25) is 0 Å². The van der Waals surface area contributed by atoms with Crippen LogP contribution in [0.2, 0.25) is 0 Å². The molecule has 0 bridgehead atoms. The van der Waals surface area contributed by atoms with Crippen LogP contribution in [0.4, 0.5) is 17.6 Å². The molecule has 2 aromatic rings. The van der Waals surface area contributed by atoms with Gasteiger partial charge in [0.1, 0.15) is 5.82 Å². The number of rotatable bonds is 6. The monoisotopic (exact) mass is 430 g/mol. The summed E-state index contributed by atoms with van der Waals surface area (Å²) in [6, 6.07) is 5.04. The van der Waals surface area contributed by atoms with E-state index in [0.717, 1.165) is 42.4 Å². The summed E-state index contributed by atoms with van der Waals surface area (Å²) >= 11 is 0. The van der Waals surface area contributed by atoms with Crippen molar-refractivity contribution in [3.8, 4) is 11.1 Å². The molecule has 2 aliphatic carbocycles. The topological polar surface area (TPSA) is 0 Å². The quantitative estimate of drug-likeness (QED) is 0.318. The van der Waals surface area contributed by atoms with Gasteiger partial charge in [-0.15, -0.1) is 0 Å². The second kappa shape index (κ2) is 9.58. The van der Waals surface area contributed by atoms with Gasteiger partial charge in [0.05, 0.1) is 0 Å². The molecule has 166 valence electrons. The van der Waals surface area contributed by atoms with E-state index in [1.165, 1.54) is 56.6 Å². The van der Waals surface area contributed by atoms with Crippen LogP contribution < -0.4 is 0 Å². The molecule has 0 saturated heterocycles. The van der Waals surface area contributed by atoms with E-state index >= 15 is 4.39 Å². The van der Waals surface area contributed by atoms with Crippen molar-refractivity contribution in [1.29, 1.82) is 0 Å². The Morgan fingerprint density at radius 1 is 0.806 bits per heavy atom. The van der Waals surface area contributed by atoms with Crippen molar-refractivity contribution >= 4 is 6.08 Å². The Kier molecular flexibility index (Phi) is 6.83. The van der Waals surface area contributed by atoms with Crippen molar-refractivity contribution in [3.63, 3.8) is 0 Å². The Labute approximate surface area is 182 Å². The number of hydrogen-bond acceptors (Lipinski definition) is 0. The molecule has 0 aromatic heterocycles. The lowest BCUT2D eigenvalue weighted by atomic mass is 9.77. The SMILES string of the molecule is CCCC1CCC(CCC2=Cc3ccc(-c4cc(F)c(F)c(F)c4)c(F)c3CC2)CC1. The van der Waals surface area contributed by atoms with E-state index < -0.39 is 23.3 Å². The van der Waals surface area contributed by atoms with Crippen LogP contribution in [0, 0.1) is 35.1 Å². The molecule has 0 heterocycles. The average molecular weight is 431 g/mol. The Morgan fingerprint density at radius 2 is 1.45 bits per heavy atom. The van der Waals surface area contributed by atoms with Crippen molar-refractivity contribution in [2.24, 2.45) is 11.8 Å². The molecule has 4 rings (SSSR count). The first kappa shape index (κ1) is 22.1. The number of halogens is 4. The maximum absolute atomic E-state index is 15.1. The lowest BCUT2D eigenvalue weighted by molar-refractivity contribution is 0.252. The van der Waals surface area contributed by atoms with Crippen LogP contribution in [0.5, 0.6) is 0 Å². The van der Waals surface area contributed by atoms with E-state index in [9.17, 15) is 13.2 Å². The summed E-state index contributed by atoms with van der Waals surface area (Å²) in [7, 11) is 0. The van der Waals surface area contributed by atoms with Gasteiger partial charge in [-0.1, -0.05) is 69.2 Å². The first-order chi connectivity index (χ1) is 15.0. The molecular formula is C27H30F4. The van der Waals surface area contributed by atoms with E-state index in [1.54, 1.807) is 0 Å². The van der Waals surface area contributed by atoms with Crippen molar-refractivity contribution in [3.05, 3.63) is 64.2 Å². The summed E-state index contributed by atoms with van der Waals surface area (Å²) in [5.41, 5.74) is 2.90. The van der Waals surface area contributed by atoms with Gasteiger partial charge >= 0.3 is 0 Å². The molecule has 0 amide bonds. The molecule has 1 fully saturated rings. The van der Waals surface area contributed by atoms with Gasteiger partial charge in [0.15, 0.2) is 17.5 Å². The molecule has 31 heavy (non-hydrogen) atoms. The zero-order chi connectivity index (χ0) is 22.0. The predicted molar refractivity (Wildman–Crippen MR) is 118 cm³/mol. The minimum atomic E-state index is -1.53. The van der Waals surface area contributed by atoms with Crippen LogP contribution in [0.15, 0.2) is 29.8 Å². The lowest BCUT2D eigenvalue weighted by Gasteiger charge is -2.29. The van der Waals surface area contributed by atoms with Crippen LogP contribution in [0.1, 0.15) is 75.8 Å². The van der Waals surface area contributed by atoms with Crippen molar-refractivity contribution in [1.82, 2.24) is 0 Å². The minimum absolute atomic E-state index is 0.0187. The molecule has 0 aliphatic heterocycles. The summed E-state index contributed by atoms with van der Waals surface area (Å²) in [5.74, 6) is -2.89. The molecule has 0 spiro atoms. The van der Waals surface area contributed by atoms with Gasteiger partial charge < -0.3 is 0 Å². The largest absolute Gasteiger partial charge is 0.206 e. The highest BCUT2D eigenvalue weighted by atomic mass is 19.2. The zero-order valence-electron chi connectivity index (χ0n) is 18.1. The molecule has 2 aromatic carbocycles. The molecule has 0 N–H and O–H groups in total. The van der Waals surface area contributed by atoms with Crippen molar-refractivity contribution in [2.75, 3.05) is 0 Å². The van der Waals surface area contributed by atoms with Gasteiger partial charge in [-0.2, -0.15) is 0 Å². The third kappa shape index (κ3) is 4.88. The van der Waals surface area contributed by atoms with Crippen LogP contribution in [-0.2, 0) is 6.42 Å². The Bertz CT molecular complexity index is 944. The van der Waals surface area contributed by atoms with Gasteiger partial charge in [-0.25, -0.2) is 17.6 Å². The number of benzene rings is 2. The third-order valence-corrected chi connectivity index (χ3v) is 7.17. The van der Waals surface area contributed by atoms with Crippen LogP contribution >= 0.6 is 0 Å². The first-order valence-corrected chi connectivity index (χ1v) is 11.6. The van der Waals surface area contributed by atoms with Gasteiger partial charge in [-0.05, 0) is 66.3 Å². The van der Waals surface area contributed by atoms with Crippen LogP contribution in [-0.4, -0.2) is 0 Å². The average Bonchev–Trinajstić information content (AvgIpc) is 2.77.